The van der Waals surface area contributed by atoms with Crippen LogP contribution in [0.1, 0.15) is 20.7 Å². The van der Waals surface area contributed by atoms with Crippen LogP contribution in [-0.4, -0.2) is 29.0 Å². The lowest BCUT2D eigenvalue weighted by Crippen LogP contribution is -2.11. The quantitative estimate of drug-likeness (QED) is 0.807. The molecule has 0 amide bonds. The Bertz CT molecular complexity index is 706. The molecule has 2 heterocycles. The summed E-state index contributed by atoms with van der Waals surface area (Å²) in [6, 6.07) is 1.45. The van der Waals surface area contributed by atoms with Crippen LogP contribution in [0.4, 0.5) is 0 Å². The molecule has 0 saturated carbocycles. The number of hydrogen-bond donors (Lipinski definition) is 0. The van der Waals surface area contributed by atoms with E-state index in [-0.39, 0.29) is 26.9 Å². The Hall–Kier alpha value is -2.18. The molecule has 2 aromatic heterocycles. The van der Waals surface area contributed by atoms with E-state index in [1.165, 1.54) is 38.0 Å². The fourth-order valence-corrected chi connectivity index (χ4v) is 1.83. The Morgan fingerprint density at radius 1 is 1.05 bits per heavy atom. The molecule has 21 heavy (non-hydrogen) atoms. The predicted octanol–water partition coefficient (Wildman–Crippen LogP) is 2.79. The number of halogens is 2. The smallest absolute Gasteiger partial charge is 0.346 e. The number of hydrogen-bond acceptors (Lipinski definition) is 6. The van der Waals surface area contributed by atoms with Crippen LogP contribution in [0.25, 0.3) is 0 Å². The highest BCUT2D eigenvalue weighted by molar-refractivity contribution is 6.35. The van der Waals surface area contributed by atoms with Gasteiger partial charge in [-0.15, -0.1) is 0 Å². The standard InChI is InChI=1S/C13H8Cl2N2O4/c1-20-12(18)8-5-17-6-10(11(8)15)21-13(19)7-4-16-3-2-9(7)14/h2-6H,1H3. The predicted molar refractivity (Wildman–Crippen MR) is 74.8 cm³/mol. The molecule has 0 spiro atoms. The average Bonchev–Trinajstić information content (AvgIpc) is 2.49. The number of methoxy groups -OCH3 is 1. The van der Waals surface area contributed by atoms with Crippen LogP contribution in [0.3, 0.4) is 0 Å². The SMILES string of the molecule is COC(=O)c1cncc(OC(=O)c2cnccc2Cl)c1Cl. The van der Waals surface area contributed by atoms with Gasteiger partial charge < -0.3 is 9.47 Å². The highest BCUT2D eigenvalue weighted by Crippen LogP contribution is 2.28. The summed E-state index contributed by atoms with van der Waals surface area (Å²) in [5.74, 6) is -1.53. The maximum atomic E-state index is 12.0. The first-order valence-corrected chi connectivity index (χ1v) is 6.33. The van der Waals surface area contributed by atoms with E-state index in [0.29, 0.717) is 0 Å². The number of esters is 2. The lowest BCUT2D eigenvalue weighted by Gasteiger charge is -2.08. The van der Waals surface area contributed by atoms with Crippen molar-refractivity contribution in [3.8, 4) is 5.75 Å². The first kappa shape index (κ1) is 15.2. The van der Waals surface area contributed by atoms with Crippen molar-refractivity contribution in [2.24, 2.45) is 0 Å². The van der Waals surface area contributed by atoms with Crippen LogP contribution in [0.15, 0.2) is 30.9 Å². The Morgan fingerprint density at radius 2 is 1.76 bits per heavy atom. The van der Waals surface area contributed by atoms with E-state index < -0.39 is 11.9 Å². The van der Waals surface area contributed by atoms with Gasteiger partial charge in [0.15, 0.2) is 5.75 Å². The van der Waals surface area contributed by atoms with Gasteiger partial charge in [-0.25, -0.2) is 9.59 Å². The molecule has 2 rings (SSSR count). The summed E-state index contributed by atoms with van der Waals surface area (Å²) in [5, 5.41) is 0.105. The molecule has 0 aromatic carbocycles. The lowest BCUT2D eigenvalue weighted by atomic mass is 10.2. The Kier molecular flexibility index (Phi) is 4.72. The van der Waals surface area contributed by atoms with Crippen molar-refractivity contribution in [1.82, 2.24) is 9.97 Å². The van der Waals surface area contributed by atoms with E-state index in [4.69, 9.17) is 27.9 Å². The van der Waals surface area contributed by atoms with Gasteiger partial charge in [0, 0.05) is 18.6 Å². The zero-order chi connectivity index (χ0) is 15.4. The van der Waals surface area contributed by atoms with Crippen molar-refractivity contribution < 1.29 is 19.1 Å². The van der Waals surface area contributed by atoms with E-state index >= 15 is 0 Å². The molecule has 0 N–H and O–H groups in total. The second-order valence-corrected chi connectivity index (χ2v) is 4.52. The van der Waals surface area contributed by atoms with Gasteiger partial charge in [-0.1, -0.05) is 23.2 Å². The zero-order valence-electron chi connectivity index (χ0n) is 10.7. The summed E-state index contributed by atoms with van der Waals surface area (Å²) < 4.78 is 9.63. The van der Waals surface area contributed by atoms with Gasteiger partial charge >= 0.3 is 11.9 Å². The molecule has 108 valence electrons. The Balaban J connectivity index is 2.30. The van der Waals surface area contributed by atoms with Crippen molar-refractivity contribution >= 4 is 35.1 Å². The van der Waals surface area contributed by atoms with E-state index in [9.17, 15) is 9.59 Å². The van der Waals surface area contributed by atoms with Gasteiger partial charge in [-0.05, 0) is 6.07 Å². The molecule has 0 aliphatic heterocycles. The van der Waals surface area contributed by atoms with Gasteiger partial charge in [-0.3, -0.25) is 9.97 Å². The third kappa shape index (κ3) is 3.29. The molecule has 0 saturated heterocycles. The van der Waals surface area contributed by atoms with Crippen LogP contribution in [0, 0.1) is 0 Å². The maximum absolute atomic E-state index is 12.0. The molecular weight excluding hydrogens is 319 g/mol. The number of nitrogens with zero attached hydrogens (tertiary/aromatic N) is 2. The molecule has 0 aliphatic rings. The van der Waals surface area contributed by atoms with Crippen LogP contribution in [-0.2, 0) is 4.74 Å². The summed E-state index contributed by atoms with van der Waals surface area (Å²) in [6.45, 7) is 0. The minimum Gasteiger partial charge on any atom is -0.465 e. The molecule has 0 unspecified atom stereocenters. The van der Waals surface area contributed by atoms with Crippen LogP contribution < -0.4 is 4.74 Å². The second-order valence-electron chi connectivity index (χ2n) is 3.74. The van der Waals surface area contributed by atoms with E-state index in [1.807, 2.05) is 0 Å². The van der Waals surface area contributed by atoms with Gasteiger partial charge in [0.2, 0.25) is 0 Å². The lowest BCUT2D eigenvalue weighted by molar-refractivity contribution is 0.0597. The van der Waals surface area contributed by atoms with Crippen molar-refractivity contribution in [1.29, 1.82) is 0 Å². The van der Waals surface area contributed by atoms with Crippen molar-refractivity contribution in [2.45, 2.75) is 0 Å². The summed E-state index contributed by atoms with van der Waals surface area (Å²) in [6.07, 6.45) is 5.11. The van der Waals surface area contributed by atoms with Crippen molar-refractivity contribution in [3.63, 3.8) is 0 Å². The van der Waals surface area contributed by atoms with E-state index in [0.717, 1.165) is 0 Å². The van der Waals surface area contributed by atoms with Gasteiger partial charge in [0.05, 0.1) is 23.9 Å². The first-order valence-electron chi connectivity index (χ1n) is 5.58. The van der Waals surface area contributed by atoms with Gasteiger partial charge in [-0.2, -0.15) is 0 Å². The normalized spacial score (nSPS) is 10.0. The monoisotopic (exact) mass is 326 g/mol. The third-order valence-electron chi connectivity index (χ3n) is 2.44. The highest BCUT2D eigenvalue weighted by atomic mass is 35.5. The number of ether oxygens (including phenoxy) is 2. The van der Waals surface area contributed by atoms with Crippen LogP contribution >= 0.6 is 23.2 Å². The summed E-state index contributed by atoms with van der Waals surface area (Å²) in [5.41, 5.74) is 0.0560. The molecule has 0 fully saturated rings. The highest BCUT2D eigenvalue weighted by Gasteiger charge is 2.19. The third-order valence-corrected chi connectivity index (χ3v) is 3.16. The number of carbonyl (C=O) groups is 2. The molecule has 0 bridgehead atoms. The maximum Gasteiger partial charge on any atom is 0.346 e. The minimum absolute atomic E-state index is 0.0123. The molecule has 6 nitrogen and oxygen atoms in total. The largest absolute Gasteiger partial charge is 0.465 e. The second kappa shape index (κ2) is 6.51. The molecule has 8 heteroatoms. The van der Waals surface area contributed by atoms with E-state index in [1.54, 1.807) is 0 Å². The first-order chi connectivity index (χ1) is 10.0. The van der Waals surface area contributed by atoms with Gasteiger partial charge in [0.1, 0.15) is 10.6 Å². The Morgan fingerprint density at radius 3 is 2.43 bits per heavy atom. The molecule has 0 atom stereocenters. The topological polar surface area (TPSA) is 78.4 Å². The molecule has 0 radical (unpaired) electrons. The molecule has 2 aromatic rings. The van der Waals surface area contributed by atoms with Gasteiger partial charge in [0.25, 0.3) is 0 Å². The Labute approximate surface area is 129 Å². The van der Waals surface area contributed by atoms with Crippen LogP contribution in [0.2, 0.25) is 10.0 Å². The zero-order valence-corrected chi connectivity index (χ0v) is 12.2. The number of carbonyl (C=O) groups excluding carboxylic acids is 2. The number of rotatable bonds is 3. The van der Waals surface area contributed by atoms with Crippen molar-refractivity contribution in [3.05, 3.63) is 52.0 Å². The van der Waals surface area contributed by atoms with Crippen molar-refractivity contribution in [2.75, 3.05) is 7.11 Å². The summed E-state index contributed by atoms with van der Waals surface area (Å²) in [7, 11) is 1.20. The summed E-state index contributed by atoms with van der Waals surface area (Å²) in [4.78, 5) is 31.0. The van der Waals surface area contributed by atoms with Crippen LogP contribution in [0.5, 0.6) is 5.75 Å². The fourth-order valence-electron chi connectivity index (χ4n) is 1.43. The molecule has 0 aliphatic carbocycles. The minimum atomic E-state index is -0.765. The number of pyridine rings is 2. The average molecular weight is 327 g/mol. The fraction of sp³-hybridized carbons (Fsp3) is 0.0769. The summed E-state index contributed by atoms with van der Waals surface area (Å²) >= 11 is 11.9. The molecular formula is C13H8Cl2N2O4. The van der Waals surface area contributed by atoms with E-state index in [2.05, 4.69) is 14.7 Å². The number of aromatic nitrogens is 2.